The van der Waals surface area contributed by atoms with Crippen LogP contribution in [0.15, 0.2) is 0 Å². The van der Waals surface area contributed by atoms with Crippen LogP contribution in [0.3, 0.4) is 0 Å². The van der Waals surface area contributed by atoms with Gasteiger partial charge < -0.3 is 58.6 Å². The van der Waals surface area contributed by atoms with Gasteiger partial charge in [0.1, 0.15) is 24.4 Å². The summed E-state index contributed by atoms with van der Waals surface area (Å²) in [4.78, 5) is 88.1. The van der Waals surface area contributed by atoms with Gasteiger partial charge in [-0.2, -0.15) is 0 Å². The van der Waals surface area contributed by atoms with Gasteiger partial charge in [0.2, 0.25) is 0 Å². The Bertz CT molecular complexity index is 949. The number of carbonyl (C=O) groups excluding carboxylic acids is 8. The van der Waals surface area contributed by atoms with E-state index in [4.69, 9.17) is 18.9 Å². The first-order valence-electron chi connectivity index (χ1n) is 14.9. The molecule has 0 aliphatic carbocycles. The van der Waals surface area contributed by atoms with E-state index in [9.17, 15) is 58.8 Å². The maximum absolute atomic E-state index is 11.6. The molecule has 6 unspecified atom stereocenters. The molecule has 0 saturated heterocycles. The van der Waals surface area contributed by atoms with Gasteiger partial charge in [0, 0.05) is 49.6 Å². The Morgan fingerprint density at radius 3 is 0.851 bits per heavy atom. The Labute approximate surface area is 288 Å². The Balaban J connectivity index is -0.000000807. The Hall–Kier alpha value is -2.89. The first-order chi connectivity index (χ1) is 21.4. The van der Waals surface area contributed by atoms with Crippen LogP contribution in [0.4, 0.5) is 0 Å². The Morgan fingerprint density at radius 2 is 0.660 bits per heavy atom. The predicted octanol–water partition coefficient (Wildman–Crippen LogP) is -3.24. The van der Waals surface area contributed by atoms with E-state index in [1.807, 2.05) is 0 Å². The summed E-state index contributed by atoms with van der Waals surface area (Å²) in [6, 6.07) is 0. The number of Topliss-reactive ketones (excluding diaryl/α,β-unsaturated/α-hetero) is 4. The molecule has 0 aromatic carbocycles. The summed E-state index contributed by atoms with van der Waals surface area (Å²) >= 11 is 0. The van der Waals surface area contributed by atoms with Crippen LogP contribution in [0.2, 0.25) is 0 Å². The van der Waals surface area contributed by atoms with E-state index in [0.717, 1.165) is 0 Å². The second kappa shape index (κ2) is 27.1. The van der Waals surface area contributed by atoms with Gasteiger partial charge in [-0.3, -0.25) is 19.2 Å². The maximum atomic E-state index is 11.6. The normalized spacial score (nSPS) is 14.4. The van der Waals surface area contributed by atoms with Crippen molar-refractivity contribution in [3.05, 3.63) is 0 Å². The standard InChI is InChI=1S/2C15H24O8.Ti/c2*1-4-12(10(16)6-14(18)19)22-8-9(3)23-13(5-2)11(17)7-15(20)21;/h2*9,12-13H,4-8H2,1-3H3,(H,18,19)(H,20,21);/q;;+4/p-4. The van der Waals surface area contributed by atoms with Gasteiger partial charge in [-0.05, 0) is 39.5 Å². The zero-order valence-corrected chi connectivity index (χ0v) is 29.1. The molecule has 0 spiro atoms. The van der Waals surface area contributed by atoms with E-state index in [0.29, 0.717) is 12.8 Å². The van der Waals surface area contributed by atoms with Crippen molar-refractivity contribution >= 4 is 47.0 Å². The fraction of sp³-hybridized carbons (Fsp3) is 0.733. The zero-order valence-electron chi connectivity index (χ0n) is 27.6. The summed E-state index contributed by atoms with van der Waals surface area (Å²) in [6.07, 6.45) is -6.47. The molecule has 0 radical (unpaired) electrons. The van der Waals surface area contributed by atoms with Gasteiger partial charge in [0.15, 0.2) is 23.1 Å². The maximum Gasteiger partial charge on any atom is 4.00 e. The molecule has 0 rings (SSSR count). The molecule has 0 aromatic rings. The van der Waals surface area contributed by atoms with Crippen LogP contribution in [0, 0.1) is 0 Å². The summed E-state index contributed by atoms with van der Waals surface area (Å²) in [5, 5.41) is 41.7. The number of ketones is 4. The first-order valence-corrected chi connectivity index (χ1v) is 14.9. The number of carboxylic acids is 4. The second-order valence-electron chi connectivity index (χ2n) is 10.2. The minimum Gasteiger partial charge on any atom is -0.550 e. The van der Waals surface area contributed by atoms with Gasteiger partial charge >= 0.3 is 21.7 Å². The smallest absolute Gasteiger partial charge is 0.550 e. The van der Waals surface area contributed by atoms with Crippen molar-refractivity contribution in [1.82, 2.24) is 0 Å². The molecule has 6 atom stereocenters. The van der Waals surface area contributed by atoms with Gasteiger partial charge in [0.05, 0.1) is 25.4 Å². The van der Waals surface area contributed by atoms with Gasteiger partial charge in [-0.1, -0.05) is 27.7 Å². The number of rotatable bonds is 26. The van der Waals surface area contributed by atoms with E-state index >= 15 is 0 Å². The van der Waals surface area contributed by atoms with Crippen molar-refractivity contribution in [3.8, 4) is 0 Å². The minimum absolute atomic E-state index is 0. The molecule has 0 saturated carbocycles. The number of carbonyl (C=O) groups is 8. The van der Waals surface area contributed by atoms with Crippen LogP contribution < -0.4 is 20.4 Å². The van der Waals surface area contributed by atoms with Crippen molar-refractivity contribution in [2.75, 3.05) is 13.2 Å². The summed E-state index contributed by atoms with van der Waals surface area (Å²) < 4.78 is 21.5. The third kappa shape index (κ3) is 24.0. The predicted molar refractivity (Wildman–Crippen MR) is 148 cm³/mol. The van der Waals surface area contributed by atoms with E-state index in [-0.39, 0.29) is 47.8 Å². The van der Waals surface area contributed by atoms with E-state index in [1.54, 1.807) is 41.5 Å². The molecule has 0 bridgehead atoms. The molecule has 0 amide bonds. The van der Waals surface area contributed by atoms with Crippen LogP contribution in [-0.2, 0) is 79.0 Å². The third-order valence-corrected chi connectivity index (χ3v) is 6.05. The molecule has 17 heteroatoms. The van der Waals surface area contributed by atoms with Gasteiger partial charge in [-0.25, -0.2) is 0 Å². The van der Waals surface area contributed by atoms with E-state index in [1.165, 1.54) is 0 Å². The van der Waals surface area contributed by atoms with Crippen molar-refractivity contribution in [2.45, 2.75) is 130 Å². The average molecular weight is 709 g/mol. The molecule has 0 heterocycles. The topological polar surface area (TPSA) is 266 Å². The fourth-order valence-corrected chi connectivity index (χ4v) is 3.84. The van der Waals surface area contributed by atoms with Crippen LogP contribution in [0.25, 0.3) is 0 Å². The Morgan fingerprint density at radius 1 is 0.447 bits per heavy atom. The van der Waals surface area contributed by atoms with Crippen molar-refractivity contribution < 1.29 is 99.4 Å². The molecule has 0 aromatic heterocycles. The third-order valence-electron chi connectivity index (χ3n) is 6.05. The number of aliphatic carboxylic acids is 4. The summed E-state index contributed by atoms with van der Waals surface area (Å²) in [7, 11) is 0. The van der Waals surface area contributed by atoms with Gasteiger partial charge in [-0.15, -0.1) is 0 Å². The zero-order chi connectivity index (χ0) is 36.0. The summed E-state index contributed by atoms with van der Waals surface area (Å²) in [6.45, 7) is 9.81. The number of hydrogen-bond donors (Lipinski definition) is 0. The number of hydrogen-bond acceptors (Lipinski definition) is 16. The van der Waals surface area contributed by atoms with Crippen molar-refractivity contribution in [2.24, 2.45) is 0 Å². The van der Waals surface area contributed by atoms with E-state index in [2.05, 4.69) is 0 Å². The summed E-state index contributed by atoms with van der Waals surface area (Å²) in [5.41, 5.74) is 0. The number of ether oxygens (including phenoxy) is 4. The van der Waals surface area contributed by atoms with Crippen molar-refractivity contribution in [1.29, 1.82) is 0 Å². The van der Waals surface area contributed by atoms with Gasteiger partial charge in [0.25, 0.3) is 0 Å². The van der Waals surface area contributed by atoms with E-state index < -0.39 is 109 Å². The molecule has 0 N–H and O–H groups in total. The minimum atomic E-state index is -1.47. The van der Waals surface area contributed by atoms with Crippen LogP contribution >= 0.6 is 0 Å². The molecule has 0 aliphatic rings. The molecule has 264 valence electrons. The molecular weight excluding hydrogens is 664 g/mol. The molecule has 47 heavy (non-hydrogen) atoms. The van der Waals surface area contributed by atoms with Crippen molar-refractivity contribution in [3.63, 3.8) is 0 Å². The second-order valence-corrected chi connectivity index (χ2v) is 10.2. The largest absolute Gasteiger partial charge is 4.00 e. The quantitative estimate of drug-likeness (QED) is 0.0631. The monoisotopic (exact) mass is 708 g/mol. The Kier molecular flexibility index (Phi) is 28.0. The van der Waals surface area contributed by atoms with Crippen LogP contribution in [-0.4, -0.2) is 96.8 Å². The SMILES string of the molecule is CCC(OCC(C)OC(CC)C(=O)CC(=O)[O-])C(=O)CC(=O)[O-].CCC(OCC(C)OC(CC)C(=O)CC(=O)[O-])C(=O)CC(=O)[O-].[Ti+4]. The average Bonchev–Trinajstić information content (AvgIpc) is 2.93. The fourth-order valence-electron chi connectivity index (χ4n) is 3.84. The molecule has 0 fully saturated rings. The number of carboxylic acid groups (broad SMARTS) is 4. The molecular formula is C30H44O16Ti. The molecule has 16 nitrogen and oxygen atoms in total. The molecule has 0 aliphatic heterocycles. The summed E-state index contributed by atoms with van der Waals surface area (Å²) in [5.74, 6) is -8.28. The van der Waals surface area contributed by atoms with Crippen LogP contribution in [0.1, 0.15) is 92.9 Å². The first kappa shape index (κ1) is 48.5. The van der Waals surface area contributed by atoms with Crippen LogP contribution in [0.5, 0.6) is 0 Å².